The molecule has 0 saturated heterocycles. The fraction of sp³-hybridized carbons (Fsp3) is 0.429. The van der Waals surface area contributed by atoms with Crippen molar-refractivity contribution in [2.75, 3.05) is 0 Å². The van der Waals surface area contributed by atoms with Gasteiger partial charge in [0.1, 0.15) is 5.75 Å². The molecule has 0 N–H and O–H groups in total. The van der Waals surface area contributed by atoms with Crippen molar-refractivity contribution in [2.24, 2.45) is 0 Å². The minimum atomic E-state index is -1.93. The molecular weight excluding hydrogens is 296 g/mol. The van der Waals surface area contributed by atoms with E-state index in [0.717, 1.165) is 5.75 Å². The highest BCUT2D eigenvalue weighted by atomic mass is 28.4. The van der Waals surface area contributed by atoms with Gasteiger partial charge in [-0.1, -0.05) is 94.0 Å². The van der Waals surface area contributed by atoms with Crippen molar-refractivity contribution in [3.8, 4) is 5.75 Å². The largest absolute Gasteiger partial charge is 0.539 e. The molecule has 0 bridgehead atoms. The summed E-state index contributed by atoms with van der Waals surface area (Å²) in [5.41, 5.74) is 0. The lowest BCUT2D eigenvalue weighted by atomic mass is 10.1. The first kappa shape index (κ1) is 17.8. The topological polar surface area (TPSA) is 9.23 Å². The molecule has 0 aliphatic heterocycles. The van der Waals surface area contributed by atoms with E-state index in [9.17, 15) is 0 Å². The minimum absolute atomic E-state index is 1.01. The molecule has 23 heavy (non-hydrogen) atoms. The van der Waals surface area contributed by atoms with Crippen LogP contribution in [0.15, 0.2) is 60.7 Å². The van der Waals surface area contributed by atoms with Crippen molar-refractivity contribution in [3.63, 3.8) is 0 Å². The second-order valence-electron chi connectivity index (χ2n) is 6.53. The summed E-state index contributed by atoms with van der Waals surface area (Å²) in [4.78, 5) is 0. The van der Waals surface area contributed by atoms with Gasteiger partial charge in [-0.2, -0.15) is 0 Å². The van der Waals surface area contributed by atoms with E-state index in [-0.39, 0.29) is 0 Å². The van der Waals surface area contributed by atoms with E-state index in [1.54, 1.807) is 0 Å². The van der Waals surface area contributed by atoms with Crippen LogP contribution in [0.5, 0.6) is 5.75 Å². The molecule has 0 radical (unpaired) electrons. The third-order valence-electron chi connectivity index (χ3n) is 4.48. The van der Waals surface area contributed by atoms with E-state index in [1.165, 1.54) is 49.8 Å². The Morgan fingerprint density at radius 1 is 0.739 bits per heavy atom. The Morgan fingerprint density at radius 3 is 1.96 bits per heavy atom. The highest BCUT2D eigenvalue weighted by Gasteiger charge is 2.32. The van der Waals surface area contributed by atoms with Crippen LogP contribution in [0, 0.1) is 0 Å². The molecule has 1 nitrogen and oxygen atoms in total. The molecule has 0 spiro atoms. The molecule has 1 atom stereocenters. The van der Waals surface area contributed by atoms with Crippen molar-refractivity contribution in [1.82, 2.24) is 0 Å². The molecule has 0 fully saturated rings. The van der Waals surface area contributed by atoms with Crippen molar-refractivity contribution in [1.29, 1.82) is 0 Å². The van der Waals surface area contributed by atoms with Gasteiger partial charge < -0.3 is 4.43 Å². The smallest absolute Gasteiger partial charge is 0.279 e. The van der Waals surface area contributed by atoms with Gasteiger partial charge in [-0.3, -0.25) is 0 Å². The lowest BCUT2D eigenvalue weighted by Gasteiger charge is -2.29. The molecule has 124 valence electrons. The van der Waals surface area contributed by atoms with Gasteiger partial charge in [0.25, 0.3) is 8.32 Å². The first-order valence-corrected chi connectivity index (χ1v) is 11.7. The van der Waals surface area contributed by atoms with Gasteiger partial charge in [0.2, 0.25) is 0 Å². The second-order valence-corrected chi connectivity index (χ2v) is 10.3. The summed E-state index contributed by atoms with van der Waals surface area (Å²) in [6, 6.07) is 22.3. The molecule has 0 aromatic heterocycles. The number of hydrogen-bond acceptors (Lipinski definition) is 1. The molecule has 1 unspecified atom stereocenters. The first-order valence-electron chi connectivity index (χ1n) is 9.04. The molecule has 0 aliphatic rings. The molecule has 2 aromatic rings. The van der Waals surface area contributed by atoms with Crippen molar-refractivity contribution < 1.29 is 4.43 Å². The molecular formula is C21H30OSi. The quantitative estimate of drug-likeness (QED) is 0.389. The summed E-state index contributed by atoms with van der Waals surface area (Å²) in [5, 5.41) is 1.40. The van der Waals surface area contributed by atoms with Gasteiger partial charge in [-0.15, -0.1) is 0 Å². The average molecular weight is 327 g/mol. The maximum absolute atomic E-state index is 6.55. The van der Waals surface area contributed by atoms with Crippen LogP contribution in [0.3, 0.4) is 0 Å². The zero-order chi connectivity index (χ0) is 16.4. The Labute approximate surface area is 142 Å². The number of unbranched alkanes of at least 4 members (excludes halogenated alkanes) is 5. The first-order chi connectivity index (χ1) is 11.2. The summed E-state index contributed by atoms with van der Waals surface area (Å²) in [6.45, 7) is 4.63. The highest BCUT2D eigenvalue weighted by Crippen LogP contribution is 2.21. The Balaban J connectivity index is 2.00. The van der Waals surface area contributed by atoms with Crippen LogP contribution < -0.4 is 9.61 Å². The van der Waals surface area contributed by atoms with Gasteiger partial charge in [-0.05, 0) is 29.9 Å². The monoisotopic (exact) mass is 326 g/mol. The molecule has 0 aliphatic carbocycles. The summed E-state index contributed by atoms with van der Waals surface area (Å²) in [7, 11) is -1.93. The Morgan fingerprint density at radius 2 is 1.30 bits per heavy atom. The fourth-order valence-electron chi connectivity index (χ4n) is 3.04. The van der Waals surface area contributed by atoms with E-state index in [2.05, 4.69) is 68.1 Å². The molecule has 2 aromatic carbocycles. The number of hydrogen-bond donors (Lipinski definition) is 0. The number of rotatable bonds is 10. The van der Waals surface area contributed by atoms with Crippen LogP contribution in [0.1, 0.15) is 45.4 Å². The van der Waals surface area contributed by atoms with Crippen LogP contribution in [0.2, 0.25) is 12.6 Å². The lowest BCUT2D eigenvalue weighted by Crippen LogP contribution is -2.50. The van der Waals surface area contributed by atoms with E-state index in [4.69, 9.17) is 4.43 Å². The van der Waals surface area contributed by atoms with E-state index in [1.807, 2.05) is 6.07 Å². The summed E-state index contributed by atoms with van der Waals surface area (Å²) >= 11 is 0. The Bertz CT molecular complexity index is 540. The predicted molar refractivity (Wildman–Crippen MR) is 103 cm³/mol. The standard InChI is InChI=1S/C21H30OSi/c1-3-4-5-6-7-14-19-23(2,21-17-12-9-13-18-21)22-20-15-10-8-11-16-20/h8-13,15-18H,3-7,14,19H2,1-2H3. The molecule has 2 heteroatoms. The predicted octanol–water partition coefficient (Wildman–Crippen LogP) is 5.91. The van der Waals surface area contributed by atoms with Crippen LogP contribution >= 0.6 is 0 Å². The van der Waals surface area contributed by atoms with Crippen molar-refractivity contribution in [2.45, 2.75) is 58.0 Å². The maximum Gasteiger partial charge on any atom is 0.279 e. The molecule has 0 saturated carbocycles. The van der Waals surface area contributed by atoms with Crippen LogP contribution in [0.4, 0.5) is 0 Å². The van der Waals surface area contributed by atoms with Gasteiger partial charge >= 0.3 is 0 Å². The zero-order valence-electron chi connectivity index (χ0n) is 14.6. The molecule has 0 amide bonds. The minimum Gasteiger partial charge on any atom is -0.539 e. The molecule has 2 rings (SSSR count). The maximum atomic E-state index is 6.55. The fourth-order valence-corrected chi connectivity index (χ4v) is 6.02. The molecule has 0 heterocycles. The van der Waals surface area contributed by atoms with Crippen LogP contribution in [0.25, 0.3) is 0 Å². The van der Waals surface area contributed by atoms with E-state index >= 15 is 0 Å². The number of para-hydroxylation sites is 1. The van der Waals surface area contributed by atoms with Crippen molar-refractivity contribution >= 4 is 13.5 Å². The van der Waals surface area contributed by atoms with E-state index < -0.39 is 8.32 Å². The summed E-state index contributed by atoms with van der Waals surface area (Å²) in [5.74, 6) is 1.01. The third kappa shape index (κ3) is 5.87. The van der Waals surface area contributed by atoms with Crippen LogP contribution in [-0.2, 0) is 0 Å². The van der Waals surface area contributed by atoms with Gasteiger partial charge in [0.05, 0.1) is 0 Å². The Hall–Kier alpha value is -1.54. The average Bonchev–Trinajstić information content (AvgIpc) is 2.60. The Kier molecular flexibility index (Phi) is 7.40. The lowest BCUT2D eigenvalue weighted by molar-refractivity contribution is 0.542. The highest BCUT2D eigenvalue weighted by molar-refractivity contribution is 6.86. The summed E-state index contributed by atoms with van der Waals surface area (Å²) < 4.78 is 6.55. The van der Waals surface area contributed by atoms with Crippen molar-refractivity contribution in [3.05, 3.63) is 60.7 Å². The van der Waals surface area contributed by atoms with E-state index in [0.29, 0.717) is 0 Å². The SMILES string of the molecule is CCCCCCCC[Si](C)(Oc1ccccc1)c1ccccc1. The number of benzene rings is 2. The van der Waals surface area contributed by atoms with Gasteiger partial charge in [-0.25, -0.2) is 0 Å². The van der Waals surface area contributed by atoms with Crippen LogP contribution in [-0.4, -0.2) is 8.32 Å². The van der Waals surface area contributed by atoms with Gasteiger partial charge in [0, 0.05) is 0 Å². The van der Waals surface area contributed by atoms with Gasteiger partial charge in [0.15, 0.2) is 0 Å². The third-order valence-corrected chi connectivity index (χ3v) is 8.03. The second kappa shape index (κ2) is 9.56. The summed E-state index contributed by atoms with van der Waals surface area (Å²) in [6.07, 6.45) is 8.02. The zero-order valence-corrected chi connectivity index (χ0v) is 15.6. The normalized spacial score (nSPS) is 13.5.